The minimum atomic E-state index is -0.0430. The van der Waals surface area contributed by atoms with E-state index in [0.29, 0.717) is 22.3 Å². The van der Waals surface area contributed by atoms with Gasteiger partial charge in [0.05, 0.1) is 17.3 Å². The molecule has 5 heteroatoms. The van der Waals surface area contributed by atoms with Crippen molar-refractivity contribution in [1.82, 2.24) is 0 Å². The molecule has 0 saturated carbocycles. The lowest BCUT2D eigenvalue weighted by atomic mass is 10.00. The summed E-state index contributed by atoms with van der Waals surface area (Å²) in [6, 6.07) is 13.5. The second-order valence-corrected chi connectivity index (χ2v) is 6.39. The lowest BCUT2D eigenvalue weighted by Crippen LogP contribution is -3.12. The van der Waals surface area contributed by atoms with Gasteiger partial charge in [-0.25, -0.2) is 0 Å². The number of hydrogen-bond donors (Lipinski definition) is 2. The van der Waals surface area contributed by atoms with Crippen LogP contribution in [0.15, 0.2) is 42.5 Å². The Labute approximate surface area is 139 Å². The van der Waals surface area contributed by atoms with E-state index in [2.05, 4.69) is 23.5 Å². The number of benzene rings is 2. The smallest absolute Gasteiger partial charge is 0.279 e. The zero-order valence-corrected chi connectivity index (χ0v) is 13.5. The first-order valence-corrected chi connectivity index (χ1v) is 8.02. The molecule has 1 amide bonds. The van der Waals surface area contributed by atoms with Gasteiger partial charge in [-0.2, -0.15) is 0 Å². The maximum absolute atomic E-state index is 12.2. The Morgan fingerprint density at radius 1 is 1.14 bits per heavy atom. The molecule has 0 saturated heterocycles. The third kappa shape index (κ3) is 3.61. The van der Waals surface area contributed by atoms with Gasteiger partial charge in [-0.3, -0.25) is 4.79 Å². The fraction of sp³-hybridized carbons (Fsp3) is 0.235. The van der Waals surface area contributed by atoms with Gasteiger partial charge >= 0.3 is 0 Å². The molecule has 1 aliphatic rings. The molecule has 0 radical (unpaired) electrons. The summed E-state index contributed by atoms with van der Waals surface area (Å²) in [6.45, 7) is 2.28. The number of carbonyl (C=O) groups excluding carboxylic acids is 1. The first kappa shape index (κ1) is 15.3. The van der Waals surface area contributed by atoms with Crippen LogP contribution in [0.5, 0.6) is 0 Å². The summed E-state index contributed by atoms with van der Waals surface area (Å²) in [6.07, 6.45) is 1.01. The zero-order valence-electron chi connectivity index (χ0n) is 12.0. The Morgan fingerprint density at radius 2 is 1.91 bits per heavy atom. The average Bonchev–Trinajstić information content (AvgIpc) is 2.51. The van der Waals surface area contributed by atoms with Crippen LogP contribution >= 0.6 is 23.2 Å². The number of anilines is 1. The van der Waals surface area contributed by atoms with Gasteiger partial charge in [-0.05, 0) is 23.8 Å². The average molecular weight is 336 g/mol. The van der Waals surface area contributed by atoms with Crippen molar-refractivity contribution in [2.75, 3.05) is 18.4 Å². The summed E-state index contributed by atoms with van der Waals surface area (Å²) in [4.78, 5) is 13.5. The van der Waals surface area contributed by atoms with E-state index < -0.39 is 0 Å². The van der Waals surface area contributed by atoms with E-state index in [1.54, 1.807) is 18.2 Å². The SMILES string of the molecule is O=C(C[NH+]1CCc2ccccc2C1)Nc1cc(Cl)ccc1Cl. The molecule has 2 N–H and O–H groups in total. The van der Waals surface area contributed by atoms with Gasteiger partial charge in [0.15, 0.2) is 6.54 Å². The van der Waals surface area contributed by atoms with Crippen molar-refractivity contribution in [1.29, 1.82) is 0 Å². The van der Waals surface area contributed by atoms with Gasteiger partial charge in [0, 0.05) is 17.0 Å². The summed E-state index contributed by atoms with van der Waals surface area (Å²) >= 11 is 12.0. The predicted molar refractivity (Wildman–Crippen MR) is 89.6 cm³/mol. The van der Waals surface area contributed by atoms with Gasteiger partial charge in [-0.1, -0.05) is 47.5 Å². The Morgan fingerprint density at radius 3 is 2.73 bits per heavy atom. The summed E-state index contributed by atoms with van der Waals surface area (Å²) in [5.41, 5.74) is 3.29. The predicted octanol–water partition coefficient (Wildman–Crippen LogP) is 2.57. The van der Waals surface area contributed by atoms with Crippen molar-refractivity contribution in [3.63, 3.8) is 0 Å². The molecule has 1 aliphatic heterocycles. The Balaban J connectivity index is 1.62. The lowest BCUT2D eigenvalue weighted by molar-refractivity contribution is -0.907. The van der Waals surface area contributed by atoms with Gasteiger partial charge in [0.1, 0.15) is 6.54 Å². The minimum absolute atomic E-state index is 0.0430. The van der Waals surface area contributed by atoms with Crippen LogP contribution in [0.2, 0.25) is 10.0 Å². The fourth-order valence-corrected chi connectivity index (χ4v) is 3.15. The van der Waals surface area contributed by atoms with E-state index in [1.807, 2.05) is 6.07 Å². The van der Waals surface area contributed by atoms with Crippen LogP contribution < -0.4 is 10.2 Å². The van der Waals surface area contributed by atoms with Crippen molar-refractivity contribution in [2.45, 2.75) is 13.0 Å². The van der Waals surface area contributed by atoms with Crippen molar-refractivity contribution in [3.05, 3.63) is 63.6 Å². The summed E-state index contributed by atoms with van der Waals surface area (Å²) in [5, 5.41) is 3.90. The van der Waals surface area contributed by atoms with E-state index in [-0.39, 0.29) is 5.91 Å². The van der Waals surface area contributed by atoms with Gasteiger partial charge < -0.3 is 10.2 Å². The molecule has 0 aromatic heterocycles. The molecule has 22 heavy (non-hydrogen) atoms. The van der Waals surface area contributed by atoms with E-state index in [4.69, 9.17) is 23.2 Å². The van der Waals surface area contributed by atoms with E-state index >= 15 is 0 Å². The molecule has 3 rings (SSSR count). The molecule has 0 fully saturated rings. The maximum Gasteiger partial charge on any atom is 0.279 e. The first-order chi connectivity index (χ1) is 10.6. The fourth-order valence-electron chi connectivity index (χ4n) is 2.81. The third-order valence-electron chi connectivity index (χ3n) is 3.92. The Kier molecular flexibility index (Phi) is 4.67. The van der Waals surface area contributed by atoms with Crippen molar-refractivity contribution >= 4 is 34.8 Å². The molecule has 3 nitrogen and oxygen atoms in total. The molecule has 0 spiro atoms. The highest BCUT2D eigenvalue weighted by Gasteiger charge is 2.21. The molecular formula is C17H17Cl2N2O+. The second-order valence-electron chi connectivity index (χ2n) is 5.54. The van der Waals surface area contributed by atoms with Gasteiger partial charge in [-0.15, -0.1) is 0 Å². The Bertz CT molecular complexity index is 703. The number of quaternary nitrogens is 1. The van der Waals surface area contributed by atoms with Gasteiger partial charge in [0.2, 0.25) is 0 Å². The van der Waals surface area contributed by atoms with Crippen molar-refractivity contribution < 1.29 is 9.69 Å². The van der Waals surface area contributed by atoms with Crippen LogP contribution in [0.25, 0.3) is 0 Å². The standard InChI is InChI=1S/C17H16Cl2N2O/c18-14-5-6-15(19)16(9-14)20-17(22)11-21-8-7-12-3-1-2-4-13(12)10-21/h1-6,9H,7-8,10-11H2,(H,20,22)/p+1. The second kappa shape index (κ2) is 6.69. The van der Waals surface area contributed by atoms with Crippen LogP contribution in [-0.2, 0) is 17.8 Å². The van der Waals surface area contributed by atoms with Crippen LogP contribution in [0.4, 0.5) is 5.69 Å². The summed E-state index contributed by atoms with van der Waals surface area (Å²) < 4.78 is 0. The molecule has 1 unspecified atom stereocenters. The number of nitrogens with one attached hydrogen (secondary N) is 2. The highest BCUT2D eigenvalue weighted by Crippen LogP contribution is 2.25. The zero-order chi connectivity index (χ0) is 15.5. The minimum Gasteiger partial charge on any atom is -0.323 e. The van der Waals surface area contributed by atoms with Crippen molar-refractivity contribution in [2.24, 2.45) is 0 Å². The third-order valence-corrected chi connectivity index (χ3v) is 4.48. The maximum atomic E-state index is 12.2. The van der Waals surface area contributed by atoms with E-state index in [0.717, 1.165) is 19.5 Å². The first-order valence-electron chi connectivity index (χ1n) is 7.27. The van der Waals surface area contributed by atoms with Gasteiger partial charge in [0.25, 0.3) is 5.91 Å². The van der Waals surface area contributed by atoms with Crippen LogP contribution in [-0.4, -0.2) is 19.0 Å². The van der Waals surface area contributed by atoms with Crippen LogP contribution in [0, 0.1) is 0 Å². The number of amides is 1. The molecule has 114 valence electrons. The molecule has 1 heterocycles. The summed E-state index contributed by atoms with van der Waals surface area (Å²) in [7, 11) is 0. The lowest BCUT2D eigenvalue weighted by Gasteiger charge is -2.25. The molecular weight excluding hydrogens is 319 g/mol. The molecule has 2 aromatic rings. The summed E-state index contributed by atoms with van der Waals surface area (Å²) in [5.74, 6) is -0.0430. The number of fused-ring (bicyclic) bond motifs is 1. The molecule has 0 aliphatic carbocycles. The highest BCUT2D eigenvalue weighted by molar-refractivity contribution is 6.35. The number of rotatable bonds is 3. The molecule has 2 aromatic carbocycles. The highest BCUT2D eigenvalue weighted by atomic mass is 35.5. The molecule has 0 bridgehead atoms. The monoisotopic (exact) mass is 335 g/mol. The normalized spacial score (nSPS) is 16.9. The van der Waals surface area contributed by atoms with E-state index in [1.165, 1.54) is 16.0 Å². The van der Waals surface area contributed by atoms with Crippen LogP contribution in [0.3, 0.4) is 0 Å². The van der Waals surface area contributed by atoms with Crippen LogP contribution in [0.1, 0.15) is 11.1 Å². The molecule has 1 atom stereocenters. The topological polar surface area (TPSA) is 33.5 Å². The Hall–Kier alpha value is -1.55. The van der Waals surface area contributed by atoms with Crippen molar-refractivity contribution in [3.8, 4) is 0 Å². The number of carbonyl (C=O) groups is 1. The number of halogens is 2. The quantitative estimate of drug-likeness (QED) is 0.888. The number of hydrogen-bond acceptors (Lipinski definition) is 1. The van der Waals surface area contributed by atoms with E-state index in [9.17, 15) is 4.79 Å². The largest absolute Gasteiger partial charge is 0.323 e.